The zero-order valence-electron chi connectivity index (χ0n) is 15.4. The average Bonchev–Trinajstić information content (AvgIpc) is 2.61. The van der Waals surface area contributed by atoms with Crippen LogP contribution in [0.3, 0.4) is 0 Å². The first-order chi connectivity index (χ1) is 12.1. The molecule has 1 aromatic heterocycles. The van der Waals surface area contributed by atoms with Gasteiger partial charge in [0.05, 0.1) is 13.7 Å². The maximum atomic E-state index is 5.80. The third kappa shape index (κ3) is 7.78. The number of hydrogen-bond acceptors (Lipinski definition) is 3. The molecular formula is C19H26ClIN4O. The van der Waals surface area contributed by atoms with Crippen LogP contribution in [0, 0.1) is 6.92 Å². The van der Waals surface area contributed by atoms with Gasteiger partial charge < -0.3 is 15.4 Å². The highest BCUT2D eigenvalue weighted by Gasteiger charge is 2.01. The zero-order valence-corrected chi connectivity index (χ0v) is 18.5. The number of ether oxygens (including phenoxy) is 1. The van der Waals surface area contributed by atoms with E-state index in [9.17, 15) is 0 Å². The molecule has 2 aromatic rings. The maximum absolute atomic E-state index is 5.80. The second-order valence-electron chi connectivity index (χ2n) is 5.72. The van der Waals surface area contributed by atoms with Crippen molar-refractivity contribution >= 4 is 41.5 Å². The Bertz CT molecular complexity index is 707. The van der Waals surface area contributed by atoms with E-state index in [1.807, 2.05) is 18.2 Å². The van der Waals surface area contributed by atoms with E-state index in [0.717, 1.165) is 47.9 Å². The van der Waals surface area contributed by atoms with Crippen LogP contribution in [0.15, 0.2) is 41.5 Å². The number of aliphatic imine (C=N–C) groups is 1. The molecule has 0 aliphatic rings. The van der Waals surface area contributed by atoms with Crippen LogP contribution < -0.4 is 15.4 Å². The van der Waals surface area contributed by atoms with Crippen LogP contribution in [0.2, 0.25) is 5.15 Å². The van der Waals surface area contributed by atoms with E-state index < -0.39 is 0 Å². The van der Waals surface area contributed by atoms with E-state index in [4.69, 9.17) is 16.3 Å². The SMILES string of the molecule is CCNC(=NCc1cc(C)cc(OC)c1)NCCc1ccc(Cl)nc1.I. The van der Waals surface area contributed by atoms with E-state index >= 15 is 0 Å². The number of pyridine rings is 1. The van der Waals surface area contributed by atoms with Gasteiger partial charge in [-0.2, -0.15) is 0 Å². The molecule has 1 aromatic carbocycles. The second kappa shape index (κ2) is 12.0. The fourth-order valence-electron chi connectivity index (χ4n) is 2.43. The van der Waals surface area contributed by atoms with Gasteiger partial charge in [0.15, 0.2) is 5.96 Å². The molecule has 142 valence electrons. The van der Waals surface area contributed by atoms with Gasteiger partial charge in [-0.25, -0.2) is 9.98 Å². The van der Waals surface area contributed by atoms with Crippen LogP contribution in [0.1, 0.15) is 23.6 Å². The standard InChI is InChI=1S/C19H25ClN4O.HI/c1-4-21-19(22-8-7-15-5-6-18(20)23-12-15)24-13-16-9-14(2)10-17(11-16)25-3;/h5-6,9-12H,4,7-8,13H2,1-3H3,(H2,21,22,24);1H. The van der Waals surface area contributed by atoms with Crippen LogP contribution in [-0.4, -0.2) is 31.1 Å². The smallest absolute Gasteiger partial charge is 0.191 e. The molecule has 0 radical (unpaired) electrons. The van der Waals surface area contributed by atoms with Crippen LogP contribution >= 0.6 is 35.6 Å². The molecule has 0 atom stereocenters. The minimum Gasteiger partial charge on any atom is -0.497 e. The summed E-state index contributed by atoms with van der Waals surface area (Å²) in [5, 5.41) is 7.12. The Kier molecular flexibility index (Phi) is 10.3. The molecule has 0 aliphatic carbocycles. The third-order valence-electron chi connectivity index (χ3n) is 3.61. The van der Waals surface area contributed by atoms with Gasteiger partial charge in [0.25, 0.3) is 0 Å². The number of nitrogens with zero attached hydrogens (tertiary/aromatic N) is 2. The Balaban J connectivity index is 0.00000338. The Morgan fingerprint density at radius 1 is 1.19 bits per heavy atom. The Morgan fingerprint density at radius 2 is 2.00 bits per heavy atom. The molecule has 0 saturated carbocycles. The number of benzene rings is 1. The third-order valence-corrected chi connectivity index (χ3v) is 3.83. The van der Waals surface area contributed by atoms with Crippen molar-refractivity contribution in [2.75, 3.05) is 20.2 Å². The average molecular weight is 489 g/mol. The van der Waals surface area contributed by atoms with Crippen LogP contribution in [0.5, 0.6) is 5.75 Å². The molecule has 0 bridgehead atoms. The van der Waals surface area contributed by atoms with Gasteiger partial charge in [-0.05, 0) is 55.2 Å². The fourth-order valence-corrected chi connectivity index (χ4v) is 2.54. The summed E-state index contributed by atoms with van der Waals surface area (Å²) in [6, 6.07) is 9.94. The maximum Gasteiger partial charge on any atom is 0.191 e. The molecule has 0 spiro atoms. The van der Waals surface area contributed by atoms with E-state index in [2.05, 4.69) is 40.5 Å². The van der Waals surface area contributed by atoms with Crippen molar-refractivity contribution in [1.29, 1.82) is 0 Å². The second-order valence-corrected chi connectivity index (χ2v) is 6.11. The molecule has 5 nitrogen and oxygen atoms in total. The molecule has 0 aliphatic heterocycles. The molecule has 7 heteroatoms. The van der Waals surface area contributed by atoms with Gasteiger partial charge >= 0.3 is 0 Å². The van der Waals surface area contributed by atoms with Crippen molar-refractivity contribution in [3.63, 3.8) is 0 Å². The Hall–Kier alpha value is -1.54. The van der Waals surface area contributed by atoms with E-state index in [1.165, 1.54) is 0 Å². The summed E-state index contributed by atoms with van der Waals surface area (Å²) in [5.41, 5.74) is 3.42. The summed E-state index contributed by atoms with van der Waals surface area (Å²) in [6.45, 7) is 6.28. The van der Waals surface area contributed by atoms with Gasteiger partial charge in [-0.15, -0.1) is 24.0 Å². The number of aryl methyl sites for hydroxylation is 1. The number of methoxy groups -OCH3 is 1. The minimum atomic E-state index is 0. The van der Waals surface area contributed by atoms with Gasteiger partial charge in [0.2, 0.25) is 0 Å². The number of nitrogens with one attached hydrogen (secondary N) is 2. The fraction of sp³-hybridized carbons (Fsp3) is 0.368. The molecule has 2 N–H and O–H groups in total. The van der Waals surface area contributed by atoms with Crippen LogP contribution in [-0.2, 0) is 13.0 Å². The van der Waals surface area contributed by atoms with E-state index in [1.54, 1.807) is 19.4 Å². The van der Waals surface area contributed by atoms with Crippen molar-refractivity contribution in [2.24, 2.45) is 4.99 Å². The lowest BCUT2D eigenvalue weighted by Gasteiger charge is -2.12. The molecule has 1 heterocycles. The molecular weight excluding hydrogens is 463 g/mol. The van der Waals surface area contributed by atoms with Crippen molar-refractivity contribution in [2.45, 2.75) is 26.8 Å². The normalized spacial score (nSPS) is 10.8. The number of rotatable bonds is 7. The summed E-state index contributed by atoms with van der Waals surface area (Å²) in [6.07, 6.45) is 2.65. The van der Waals surface area contributed by atoms with Gasteiger partial charge in [0, 0.05) is 19.3 Å². The van der Waals surface area contributed by atoms with Gasteiger partial charge in [-0.3, -0.25) is 0 Å². The molecule has 0 amide bonds. The quantitative estimate of drug-likeness (QED) is 0.268. The van der Waals surface area contributed by atoms with Gasteiger partial charge in [0.1, 0.15) is 10.9 Å². The van der Waals surface area contributed by atoms with Crippen LogP contribution in [0.25, 0.3) is 0 Å². The summed E-state index contributed by atoms with van der Waals surface area (Å²) < 4.78 is 5.32. The summed E-state index contributed by atoms with van der Waals surface area (Å²) in [5.74, 6) is 1.66. The van der Waals surface area contributed by atoms with Crippen LogP contribution in [0.4, 0.5) is 0 Å². The first-order valence-electron chi connectivity index (χ1n) is 8.38. The molecule has 0 saturated heterocycles. The number of guanidine groups is 1. The number of halogens is 2. The highest BCUT2D eigenvalue weighted by molar-refractivity contribution is 14.0. The first-order valence-corrected chi connectivity index (χ1v) is 8.75. The van der Waals surface area contributed by atoms with Crippen molar-refractivity contribution in [1.82, 2.24) is 15.6 Å². The van der Waals surface area contributed by atoms with Crippen molar-refractivity contribution in [3.8, 4) is 5.75 Å². The first kappa shape index (κ1) is 22.5. The largest absolute Gasteiger partial charge is 0.497 e. The van der Waals surface area contributed by atoms with Crippen molar-refractivity contribution in [3.05, 3.63) is 58.4 Å². The highest BCUT2D eigenvalue weighted by Crippen LogP contribution is 2.17. The topological polar surface area (TPSA) is 58.5 Å². The lowest BCUT2D eigenvalue weighted by Crippen LogP contribution is -2.38. The predicted molar refractivity (Wildman–Crippen MR) is 119 cm³/mol. The minimum absolute atomic E-state index is 0. The Labute approximate surface area is 177 Å². The number of hydrogen-bond donors (Lipinski definition) is 2. The highest BCUT2D eigenvalue weighted by atomic mass is 127. The van der Waals surface area contributed by atoms with Gasteiger partial charge in [-0.1, -0.05) is 23.7 Å². The lowest BCUT2D eigenvalue weighted by molar-refractivity contribution is 0.414. The molecule has 0 unspecified atom stereocenters. The molecule has 26 heavy (non-hydrogen) atoms. The molecule has 0 fully saturated rings. The number of aromatic nitrogens is 1. The predicted octanol–water partition coefficient (Wildman–Crippen LogP) is 3.97. The monoisotopic (exact) mass is 488 g/mol. The lowest BCUT2D eigenvalue weighted by atomic mass is 10.1. The summed E-state index contributed by atoms with van der Waals surface area (Å²) in [7, 11) is 1.68. The zero-order chi connectivity index (χ0) is 18.1. The molecule has 2 rings (SSSR count). The van der Waals surface area contributed by atoms with E-state index in [-0.39, 0.29) is 24.0 Å². The van der Waals surface area contributed by atoms with E-state index in [0.29, 0.717) is 11.7 Å². The van der Waals surface area contributed by atoms with Crippen molar-refractivity contribution < 1.29 is 4.74 Å². The Morgan fingerprint density at radius 3 is 2.65 bits per heavy atom. The summed E-state index contributed by atoms with van der Waals surface area (Å²) >= 11 is 5.80. The summed E-state index contributed by atoms with van der Waals surface area (Å²) in [4.78, 5) is 8.74.